The Morgan fingerprint density at radius 3 is 2.48 bits per heavy atom. The number of rotatable bonds is 8. The minimum atomic E-state index is -1.19. The fraction of sp³-hybridized carbons (Fsp3) is 0.316. The highest BCUT2D eigenvalue weighted by molar-refractivity contribution is 6.01. The van der Waals surface area contributed by atoms with E-state index in [1.165, 1.54) is 24.2 Å². The van der Waals surface area contributed by atoms with Gasteiger partial charge in [0, 0.05) is 32.8 Å². The van der Waals surface area contributed by atoms with Gasteiger partial charge in [-0.15, -0.1) is 0 Å². The maximum absolute atomic E-state index is 12.4. The average Bonchev–Trinajstić information content (AvgIpc) is 2.66. The lowest BCUT2D eigenvalue weighted by Crippen LogP contribution is -2.41. The molecule has 0 aromatic heterocycles. The van der Waals surface area contributed by atoms with Gasteiger partial charge in [0.2, 0.25) is 0 Å². The van der Waals surface area contributed by atoms with Crippen LogP contribution < -0.4 is 10.6 Å². The first-order valence-corrected chi connectivity index (χ1v) is 8.55. The highest BCUT2D eigenvalue weighted by atomic mass is 16.4. The number of aliphatic hydroxyl groups excluding tert-OH is 1. The van der Waals surface area contributed by atoms with Crippen molar-refractivity contribution in [3.8, 4) is 0 Å². The van der Waals surface area contributed by atoms with Crippen molar-refractivity contribution >= 4 is 17.8 Å². The first-order chi connectivity index (χ1) is 12.9. The molecule has 2 amide bonds. The first kappa shape index (κ1) is 20.2. The maximum Gasteiger partial charge on any atom is 0.303 e. The number of hydrogen-bond donors (Lipinski definition) is 4. The summed E-state index contributed by atoms with van der Waals surface area (Å²) in [7, 11) is 1.45. The molecule has 2 rings (SSSR count). The number of amides is 2. The summed E-state index contributed by atoms with van der Waals surface area (Å²) < 4.78 is 0. The monoisotopic (exact) mass is 373 g/mol. The molecular formula is C19H23N3O5. The van der Waals surface area contributed by atoms with Crippen LogP contribution in [0.3, 0.4) is 0 Å². The third-order valence-corrected chi connectivity index (χ3v) is 4.02. The predicted octanol–water partition coefficient (Wildman–Crippen LogP) is 0.358. The Balaban J connectivity index is 2.16. The van der Waals surface area contributed by atoms with Crippen LogP contribution in [0.15, 0.2) is 53.8 Å². The van der Waals surface area contributed by atoms with Crippen molar-refractivity contribution in [2.45, 2.75) is 25.6 Å². The second-order valence-corrected chi connectivity index (χ2v) is 6.05. The third-order valence-electron chi connectivity index (χ3n) is 4.02. The summed E-state index contributed by atoms with van der Waals surface area (Å²) in [6.07, 6.45) is 1.91. The van der Waals surface area contributed by atoms with Gasteiger partial charge in [-0.05, 0) is 18.1 Å². The molecule has 8 heteroatoms. The fourth-order valence-electron chi connectivity index (χ4n) is 2.63. The van der Waals surface area contributed by atoms with Crippen LogP contribution in [0.2, 0.25) is 0 Å². The number of carbonyl (C=O) groups is 3. The number of carboxylic acids is 1. The molecule has 8 nitrogen and oxygen atoms in total. The first-order valence-electron chi connectivity index (χ1n) is 8.55. The van der Waals surface area contributed by atoms with Gasteiger partial charge in [0.05, 0.1) is 11.1 Å². The summed E-state index contributed by atoms with van der Waals surface area (Å²) in [6.45, 7) is 0.513. The van der Waals surface area contributed by atoms with E-state index in [-0.39, 0.29) is 24.1 Å². The van der Waals surface area contributed by atoms with Crippen LogP contribution in [0.25, 0.3) is 0 Å². The van der Waals surface area contributed by atoms with Crippen LogP contribution in [0.4, 0.5) is 0 Å². The highest BCUT2D eigenvalue weighted by Gasteiger charge is 2.28. The van der Waals surface area contributed by atoms with E-state index in [1.54, 1.807) is 0 Å². The number of nitrogens with one attached hydrogen (secondary N) is 2. The van der Waals surface area contributed by atoms with Crippen molar-refractivity contribution in [3.63, 3.8) is 0 Å². The van der Waals surface area contributed by atoms with Gasteiger partial charge in [0.15, 0.2) is 6.23 Å². The molecule has 1 aliphatic rings. The molecule has 0 bridgehead atoms. The smallest absolute Gasteiger partial charge is 0.303 e. The number of aliphatic carboxylic acids is 1. The molecule has 1 aliphatic heterocycles. The van der Waals surface area contributed by atoms with E-state index in [0.717, 1.165) is 5.56 Å². The SMILES string of the molecule is CNC(=O)C1=CC(C(=O)NCCCC(=O)O)=CN(Cc2ccccc2)C1O. The fourth-order valence-corrected chi connectivity index (χ4v) is 2.63. The third kappa shape index (κ3) is 5.68. The van der Waals surface area contributed by atoms with Crippen LogP contribution >= 0.6 is 0 Å². The summed E-state index contributed by atoms with van der Waals surface area (Å²) in [5, 5.41) is 24.2. The van der Waals surface area contributed by atoms with Gasteiger partial charge < -0.3 is 25.7 Å². The number of carboxylic acid groups (broad SMARTS) is 1. The largest absolute Gasteiger partial charge is 0.481 e. The Hall–Kier alpha value is -3.13. The Labute approximate surface area is 157 Å². The lowest BCUT2D eigenvalue weighted by Gasteiger charge is -2.31. The Bertz CT molecular complexity index is 758. The molecule has 0 fully saturated rings. The number of likely N-dealkylation sites (N-methyl/N-ethyl adjacent to an activating group) is 1. The molecule has 0 saturated carbocycles. The average molecular weight is 373 g/mol. The highest BCUT2D eigenvalue weighted by Crippen LogP contribution is 2.22. The summed E-state index contributed by atoms with van der Waals surface area (Å²) in [4.78, 5) is 36.5. The van der Waals surface area contributed by atoms with E-state index < -0.39 is 24.0 Å². The molecule has 1 unspecified atom stereocenters. The maximum atomic E-state index is 12.4. The number of benzene rings is 1. The van der Waals surface area contributed by atoms with Crippen LogP contribution in [0.1, 0.15) is 18.4 Å². The molecule has 0 radical (unpaired) electrons. The predicted molar refractivity (Wildman–Crippen MR) is 98.1 cm³/mol. The second-order valence-electron chi connectivity index (χ2n) is 6.05. The molecule has 0 spiro atoms. The van der Waals surface area contributed by atoms with Crippen molar-refractivity contribution in [3.05, 3.63) is 59.3 Å². The molecular weight excluding hydrogens is 350 g/mol. The topological polar surface area (TPSA) is 119 Å². The van der Waals surface area contributed by atoms with Gasteiger partial charge in [0.1, 0.15) is 0 Å². The van der Waals surface area contributed by atoms with Crippen molar-refractivity contribution < 1.29 is 24.6 Å². The Kier molecular flexibility index (Phi) is 7.13. The molecule has 144 valence electrons. The van der Waals surface area contributed by atoms with Gasteiger partial charge in [-0.2, -0.15) is 0 Å². The van der Waals surface area contributed by atoms with Crippen molar-refractivity contribution in [2.24, 2.45) is 0 Å². The van der Waals surface area contributed by atoms with Crippen LogP contribution in [0.5, 0.6) is 0 Å². The van der Waals surface area contributed by atoms with E-state index in [9.17, 15) is 19.5 Å². The summed E-state index contributed by atoms with van der Waals surface area (Å²) >= 11 is 0. The zero-order valence-corrected chi connectivity index (χ0v) is 15.0. The quantitative estimate of drug-likeness (QED) is 0.489. The molecule has 4 N–H and O–H groups in total. The number of carbonyl (C=O) groups excluding carboxylic acids is 2. The summed E-state index contributed by atoms with van der Waals surface area (Å²) in [5.74, 6) is -1.85. The number of hydrogen-bond acceptors (Lipinski definition) is 5. The number of nitrogens with zero attached hydrogens (tertiary/aromatic N) is 1. The van der Waals surface area contributed by atoms with E-state index >= 15 is 0 Å². The minimum absolute atomic E-state index is 0.0441. The van der Waals surface area contributed by atoms with Crippen molar-refractivity contribution in [1.82, 2.24) is 15.5 Å². The van der Waals surface area contributed by atoms with E-state index in [0.29, 0.717) is 13.0 Å². The molecule has 1 aromatic carbocycles. The van der Waals surface area contributed by atoms with Crippen LogP contribution in [0, 0.1) is 0 Å². The Morgan fingerprint density at radius 2 is 1.85 bits per heavy atom. The molecule has 1 atom stereocenters. The van der Waals surface area contributed by atoms with E-state index in [1.807, 2.05) is 30.3 Å². The van der Waals surface area contributed by atoms with Crippen LogP contribution in [-0.4, -0.2) is 52.7 Å². The normalized spacial score (nSPS) is 16.2. The standard InChI is InChI=1S/C19H23N3O5/c1-20-18(26)15-10-14(17(25)21-9-5-8-16(23)24)12-22(19(15)27)11-13-6-3-2-4-7-13/h2-4,6-7,10,12,19,27H,5,8-9,11H2,1H3,(H,20,26)(H,21,25)(H,23,24). The molecule has 0 saturated heterocycles. The zero-order chi connectivity index (χ0) is 19.8. The van der Waals surface area contributed by atoms with Gasteiger partial charge >= 0.3 is 5.97 Å². The van der Waals surface area contributed by atoms with Gasteiger partial charge in [-0.3, -0.25) is 14.4 Å². The Morgan fingerprint density at radius 1 is 1.15 bits per heavy atom. The van der Waals surface area contributed by atoms with Gasteiger partial charge in [0.25, 0.3) is 11.8 Å². The molecule has 1 aromatic rings. The molecule has 1 heterocycles. The lowest BCUT2D eigenvalue weighted by atomic mass is 10.0. The van der Waals surface area contributed by atoms with Crippen LogP contribution in [-0.2, 0) is 20.9 Å². The number of aliphatic hydroxyl groups is 1. The zero-order valence-electron chi connectivity index (χ0n) is 15.0. The second kappa shape index (κ2) is 9.54. The van der Waals surface area contributed by atoms with Gasteiger partial charge in [-0.25, -0.2) is 0 Å². The van der Waals surface area contributed by atoms with Crippen molar-refractivity contribution in [2.75, 3.05) is 13.6 Å². The van der Waals surface area contributed by atoms with E-state index in [2.05, 4.69) is 10.6 Å². The van der Waals surface area contributed by atoms with Crippen molar-refractivity contribution in [1.29, 1.82) is 0 Å². The van der Waals surface area contributed by atoms with Gasteiger partial charge in [-0.1, -0.05) is 30.3 Å². The lowest BCUT2D eigenvalue weighted by molar-refractivity contribution is -0.137. The molecule has 27 heavy (non-hydrogen) atoms. The summed E-state index contributed by atoms with van der Waals surface area (Å²) in [6, 6.07) is 9.36. The van der Waals surface area contributed by atoms with E-state index in [4.69, 9.17) is 5.11 Å². The summed E-state index contributed by atoms with van der Waals surface area (Å²) in [5.41, 5.74) is 1.18. The molecule has 0 aliphatic carbocycles. The minimum Gasteiger partial charge on any atom is -0.481 e.